The molecule has 1 aliphatic rings. The van der Waals surface area contributed by atoms with Crippen LogP contribution < -0.4 is 5.32 Å². The van der Waals surface area contributed by atoms with Gasteiger partial charge in [-0.15, -0.1) is 0 Å². The van der Waals surface area contributed by atoms with Crippen molar-refractivity contribution in [3.05, 3.63) is 23.9 Å². The van der Waals surface area contributed by atoms with Crippen LogP contribution in [0.25, 0.3) is 0 Å². The molecule has 112 valence electrons. The minimum atomic E-state index is -3.57. The summed E-state index contributed by atoms with van der Waals surface area (Å²) in [6, 6.07) is 3.21. The summed E-state index contributed by atoms with van der Waals surface area (Å²) in [5.41, 5.74) is 0.951. The van der Waals surface area contributed by atoms with Gasteiger partial charge in [0.1, 0.15) is 0 Å². The Labute approximate surface area is 120 Å². The number of hydrogen-bond acceptors (Lipinski definition) is 5. The molecule has 1 aromatic heterocycles. The maximum absolute atomic E-state index is 12.5. The minimum absolute atomic E-state index is 0.0824. The average molecular weight is 299 g/mol. The summed E-state index contributed by atoms with van der Waals surface area (Å²) in [6.07, 6.45) is 2.22. The van der Waals surface area contributed by atoms with E-state index in [1.54, 1.807) is 25.4 Å². The van der Waals surface area contributed by atoms with Gasteiger partial charge in [-0.1, -0.05) is 6.07 Å². The molecule has 1 N–H and O–H groups in total. The number of ether oxygens (including phenoxy) is 1. The predicted octanol–water partition coefficient (Wildman–Crippen LogP) is 0.599. The molecule has 0 aromatic carbocycles. The van der Waals surface area contributed by atoms with Crippen molar-refractivity contribution >= 4 is 10.0 Å². The highest BCUT2D eigenvalue weighted by molar-refractivity contribution is 7.89. The predicted molar refractivity (Wildman–Crippen MR) is 75.8 cm³/mol. The second-order valence-electron chi connectivity index (χ2n) is 4.99. The Kier molecular flexibility index (Phi) is 4.74. The lowest BCUT2D eigenvalue weighted by Crippen LogP contribution is -2.41. The third-order valence-corrected chi connectivity index (χ3v) is 5.42. The first kappa shape index (κ1) is 15.4. The van der Waals surface area contributed by atoms with Gasteiger partial charge in [0, 0.05) is 26.4 Å². The zero-order valence-corrected chi connectivity index (χ0v) is 12.9. The van der Waals surface area contributed by atoms with Gasteiger partial charge in [0.2, 0.25) is 0 Å². The van der Waals surface area contributed by atoms with Crippen molar-refractivity contribution in [2.75, 3.05) is 20.7 Å². The van der Waals surface area contributed by atoms with Crippen LogP contribution in [0.15, 0.2) is 23.4 Å². The number of aromatic nitrogens is 1. The fourth-order valence-electron chi connectivity index (χ4n) is 2.40. The van der Waals surface area contributed by atoms with E-state index in [0.29, 0.717) is 19.6 Å². The Hall–Kier alpha value is -1.02. The first-order chi connectivity index (χ1) is 9.46. The Morgan fingerprint density at radius 1 is 1.50 bits per heavy atom. The van der Waals surface area contributed by atoms with Gasteiger partial charge in [0.15, 0.2) is 5.03 Å². The second kappa shape index (κ2) is 6.17. The smallest absolute Gasteiger partial charge is 0.260 e. The molecule has 0 aliphatic carbocycles. The van der Waals surface area contributed by atoms with Crippen molar-refractivity contribution in [3.63, 3.8) is 0 Å². The van der Waals surface area contributed by atoms with Gasteiger partial charge in [0.05, 0.1) is 12.1 Å². The third kappa shape index (κ3) is 3.01. The lowest BCUT2D eigenvalue weighted by molar-refractivity contribution is 0.102. The van der Waals surface area contributed by atoms with Crippen LogP contribution in [0.1, 0.15) is 18.9 Å². The van der Waals surface area contributed by atoms with E-state index in [9.17, 15) is 8.42 Å². The molecule has 0 amide bonds. The maximum atomic E-state index is 12.5. The number of hydrogen-bond donors (Lipinski definition) is 1. The van der Waals surface area contributed by atoms with Gasteiger partial charge in [-0.25, -0.2) is 13.4 Å². The highest BCUT2D eigenvalue weighted by Gasteiger charge is 2.35. The van der Waals surface area contributed by atoms with Gasteiger partial charge in [-0.2, -0.15) is 4.31 Å². The molecule has 2 rings (SSSR count). The van der Waals surface area contributed by atoms with Crippen LogP contribution in [0.2, 0.25) is 0 Å². The van der Waals surface area contributed by atoms with Gasteiger partial charge in [0.25, 0.3) is 10.0 Å². The molecule has 0 spiro atoms. The van der Waals surface area contributed by atoms with Crippen LogP contribution in [0, 0.1) is 0 Å². The molecule has 2 atom stereocenters. The molecule has 6 nitrogen and oxygen atoms in total. The summed E-state index contributed by atoms with van der Waals surface area (Å²) in [6.45, 7) is 3.16. The van der Waals surface area contributed by atoms with E-state index in [-0.39, 0.29) is 17.2 Å². The molecule has 20 heavy (non-hydrogen) atoms. The SMILES string of the molecule is CNCc1ccc(S(=O)(=O)N(C)C2CCOC2C)nc1. The number of nitrogens with zero attached hydrogens (tertiary/aromatic N) is 2. The zero-order chi connectivity index (χ0) is 14.8. The molecule has 0 bridgehead atoms. The van der Waals surface area contributed by atoms with Crippen LogP contribution >= 0.6 is 0 Å². The van der Waals surface area contributed by atoms with E-state index in [2.05, 4.69) is 10.3 Å². The summed E-state index contributed by atoms with van der Waals surface area (Å²) in [5, 5.41) is 3.08. The van der Waals surface area contributed by atoms with Crippen LogP contribution in [-0.2, 0) is 21.3 Å². The molecule has 7 heteroatoms. The Bertz CT molecular complexity index is 544. The van der Waals surface area contributed by atoms with Crippen molar-refractivity contribution in [1.82, 2.24) is 14.6 Å². The van der Waals surface area contributed by atoms with Gasteiger partial charge in [-0.3, -0.25) is 0 Å². The molecule has 2 unspecified atom stereocenters. The van der Waals surface area contributed by atoms with E-state index < -0.39 is 10.0 Å². The van der Waals surface area contributed by atoms with E-state index >= 15 is 0 Å². The Morgan fingerprint density at radius 3 is 2.75 bits per heavy atom. The minimum Gasteiger partial charge on any atom is -0.377 e. The fourth-order valence-corrected chi connectivity index (χ4v) is 3.75. The molecular formula is C13H21N3O3S. The number of likely N-dealkylation sites (N-methyl/N-ethyl adjacent to an activating group) is 1. The molecule has 1 fully saturated rings. The van der Waals surface area contributed by atoms with E-state index in [1.165, 1.54) is 4.31 Å². The number of sulfonamides is 1. The quantitative estimate of drug-likeness (QED) is 0.862. The van der Waals surface area contributed by atoms with E-state index in [0.717, 1.165) is 5.56 Å². The molecule has 1 aromatic rings. The maximum Gasteiger partial charge on any atom is 0.260 e. The van der Waals surface area contributed by atoms with Crippen LogP contribution in [0.3, 0.4) is 0 Å². The van der Waals surface area contributed by atoms with Crippen molar-refractivity contribution in [2.24, 2.45) is 0 Å². The van der Waals surface area contributed by atoms with Crippen LogP contribution in [0.4, 0.5) is 0 Å². The van der Waals surface area contributed by atoms with Crippen LogP contribution in [-0.4, -0.2) is 50.6 Å². The fraction of sp³-hybridized carbons (Fsp3) is 0.615. The zero-order valence-electron chi connectivity index (χ0n) is 12.0. The van der Waals surface area contributed by atoms with E-state index in [1.807, 2.05) is 14.0 Å². The number of rotatable bonds is 5. The molecule has 1 aliphatic heterocycles. The van der Waals surface area contributed by atoms with Crippen molar-refractivity contribution in [2.45, 2.75) is 37.1 Å². The highest BCUT2D eigenvalue weighted by atomic mass is 32.2. The number of nitrogens with one attached hydrogen (secondary N) is 1. The van der Waals surface area contributed by atoms with Crippen molar-refractivity contribution in [1.29, 1.82) is 0 Å². The summed E-state index contributed by atoms with van der Waals surface area (Å²) in [4.78, 5) is 4.08. The van der Waals surface area contributed by atoms with Crippen molar-refractivity contribution in [3.8, 4) is 0 Å². The van der Waals surface area contributed by atoms with E-state index in [4.69, 9.17) is 4.74 Å². The van der Waals surface area contributed by atoms with Gasteiger partial charge >= 0.3 is 0 Å². The lowest BCUT2D eigenvalue weighted by atomic mass is 10.2. The summed E-state index contributed by atoms with van der Waals surface area (Å²) in [5.74, 6) is 0. The molecule has 0 radical (unpaired) electrons. The molecule has 1 saturated heterocycles. The molecule has 0 saturated carbocycles. The Morgan fingerprint density at radius 2 is 2.25 bits per heavy atom. The number of pyridine rings is 1. The lowest BCUT2D eigenvalue weighted by Gasteiger charge is -2.25. The third-order valence-electron chi connectivity index (χ3n) is 3.63. The van der Waals surface area contributed by atoms with Crippen LogP contribution in [0.5, 0.6) is 0 Å². The van der Waals surface area contributed by atoms with Crippen molar-refractivity contribution < 1.29 is 13.2 Å². The normalized spacial score (nSPS) is 23.4. The largest absolute Gasteiger partial charge is 0.377 e. The van der Waals surface area contributed by atoms with Gasteiger partial charge < -0.3 is 10.1 Å². The first-order valence-corrected chi connectivity index (χ1v) is 8.10. The van der Waals surface area contributed by atoms with Gasteiger partial charge in [-0.05, 0) is 32.0 Å². The Balaban J connectivity index is 2.20. The second-order valence-corrected chi connectivity index (χ2v) is 6.93. The summed E-state index contributed by atoms with van der Waals surface area (Å²) in [7, 11) is -0.140. The average Bonchev–Trinajstić information content (AvgIpc) is 2.85. The molecule has 2 heterocycles. The monoisotopic (exact) mass is 299 g/mol. The summed E-state index contributed by atoms with van der Waals surface area (Å²) >= 11 is 0. The highest BCUT2D eigenvalue weighted by Crippen LogP contribution is 2.23. The summed E-state index contributed by atoms with van der Waals surface area (Å²) < 4.78 is 31.9. The standard InChI is InChI=1S/C13H21N3O3S/c1-10-12(6-7-19-10)16(3)20(17,18)13-5-4-11(8-14-2)9-15-13/h4-5,9-10,12,14H,6-8H2,1-3H3. The first-order valence-electron chi connectivity index (χ1n) is 6.66. The molecular weight excluding hydrogens is 278 g/mol. The topological polar surface area (TPSA) is 71.5 Å².